The number of ether oxygens (including phenoxy) is 1. The van der Waals surface area contributed by atoms with Crippen molar-refractivity contribution in [3.8, 4) is 0 Å². The quantitative estimate of drug-likeness (QED) is 0.759. The normalized spacial score (nSPS) is 14.5. The molecule has 0 unspecified atom stereocenters. The highest BCUT2D eigenvalue weighted by Crippen LogP contribution is 2.15. The maximum absolute atomic E-state index is 11.7. The lowest BCUT2D eigenvalue weighted by atomic mass is 10.4. The van der Waals surface area contributed by atoms with Crippen LogP contribution in [0.1, 0.15) is 10.6 Å². The molecule has 0 bridgehead atoms. The van der Waals surface area contributed by atoms with Crippen LogP contribution in [0.3, 0.4) is 0 Å². The number of nitrogens with one attached hydrogen (secondary N) is 2. The van der Waals surface area contributed by atoms with Crippen LogP contribution in [0, 0.1) is 0 Å². The fourth-order valence-electron chi connectivity index (χ4n) is 2.27. The van der Waals surface area contributed by atoms with E-state index in [-0.39, 0.29) is 5.91 Å². The number of aromatic nitrogens is 2. The van der Waals surface area contributed by atoms with Crippen molar-refractivity contribution in [1.29, 1.82) is 0 Å². The lowest BCUT2D eigenvalue weighted by Gasteiger charge is -2.27. The zero-order valence-electron chi connectivity index (χ0n) is 12.7. The van der Waals surface area contributed by atoms with Gasteiger partial charge in [-0.05, 0) is 12.1 Å². The Bertz CT molecular complexity index is 626. The van der Waals surface area contributed by atoms with Gasteiger partial charge in [-0.15, -0.1) is 0 Å². The van der Waals surface area contributed by atoms with Gasteiger partial charge in [0.15, 0.2) is 5.76 Å². The number of carbonyl (C=O) groups excluding carboxylic acids is 1. The van der Waals surface area contributed by atoms with Crippen LogP contribution < -0.4 is 15.5 Å². The molecule has 1 aliphatic rings. The zero-order valence-corrected chi connectivity index (χ0v) is 12.7. The Kier molecular flexibility index (Phi) is 5.05. The number of hydrogen-bond donors (Lipinski definition) is 2. The van der Waals surface area contributed by atoms with Crippen LogP contribution in [0.4, 0.5) is 11.6 Å². The third-order valence-electron chi connectivity index (χ3n) is 3.45. The Morgan fingerprint density at radius 3 is 2.91 bits per heavy atom. The fourth-order valence-corrected chi connectivity index (χ4v) is 2.27. The van der Waals surface area contributed by atoms with Crippen molar-refractivity contribution in [2.24, 2.45) is 0 Å². The number of morpholine rings is 1. The zero-order chi connectivity index (χ0) is 15.9. The van der Waals surface area contributed by atoms with E-state index in [1.807, 2.05) is 6.07 Å². The van der Waals surface area contributed by atoms with Gasteiger partial charge in [0, 0.05) is 32.2 Å². The van der Waals surface area contributed by atoms with E-state index in [0.29, 0.717) is 32.1 Å². The second kappa shape index (κ2) is 7.59. The molecule has 0 atom stereocenters. The van der Waals surface area contributed by atoms with Crippen LogP contribution >= 0.6 is 0 Å². The highest BCUT2D eigenvalue weighted by molar-refractivity contribution is 5.91. The third-order valence-corrected chi connectivity index (χ3v) is 3.45. The molecule has 1 amide bonds. The molecule has 8 heteroatoms. The minimum atomic E-state index is -0.228. The number of anilines is 2. The Hall–Kier alpha value is -2.61. The number of amides is 1. The minimum absolute atomic E-state index is 0.228. The predicted molar refractivity (Wildman–Crippen MR) is 84.6 cm³/mol. The van der Waals surface area contributed by atoms with Crippen molar-refractivity contribution in [2.45, 2.75) is 0 Å². The lowest BCUT2D eigenvalue weighted by Crippen LogP contribution is -2.36. The number of furan rings is 1. The van der Waals surface area contributed by atoms with Gasteiger partial charge in [-0.2, -0.15) is 0 Å². The summed E-state index contributed by atoms with van der Waals surface area (Å²) in [5, 5.41) is 5.94. The van der Waals surface area contributed by atoms with E-state index >= 15 is 0 Å². The van der Waals surface area contributed by atoms with E-state index in [0.717, 1.165) is 24.7 Å². The first-order valence-corrected chi connectivity index (χ1v) is 7.53. The largest absolute Gasteiger partial charge is 0.459 e. The van der Waals surface area contributed by atoms with Gasteiger partial charge in [0.1, 0.15) is 18.0 Å². The first-order chi connectivity index (χ1) is 11.3. The number of rotatable bonds is 6. The summed E-state index contributed by atoms with van der Waals surface area (Å²) in [5.41, 5.74) is 0. The molecule has 1 fully saturated rings. The summed E-state index contributed by atoms with van der Waals surface area (Å²) in [6.45, 7) is 4.12. The summed E-state index contributed by atoms with van der Waals surface area (Å²) in [7, 11) is 0. The summed E-state index contributed by atoms with van der Waals surface area (Å²) in [6.07, 6.45) is 3.01. The molecule has 0 spiro atoms. The van der Waals surface area contributed by atoms with E-state index < -0.39 is 0 Å². The first kappa shape index (κ1) is 15.3. The highest BCUT2D eigenvalue weighted by atomic mass is 16.5. The topological polar surface area (TPSA) is 92.5 Å². The van der Waals surface area contributed by atoms with E-state index in [9.17, 15) is 4.79 Å². The van der Waals surface area contributed by atoms with Crippen molar-refractivity contribution < 1.29 is 13.9 Å². The molecule has 8 nitrogen and oxygen atoms in total. The molecule has 2 N–H and O–H groups in total. The molecule has 0 radical (unpaired) electrons. The Labute approximate surface area is 133 Å². The van der Waals surface area contributed by atoms with Gasteiger partial charge >= 0.3 is 0 Å². The van der Waals surface area contributed by atoms with Crippen molar-refractivity contribution in [3.05, 3.63) is 36.5 Å². The van der Waals surface area contributed by atoms with Crippen molar-refractivity contribution in [3.63, 3.8) is 0 Å². The highest BCUT2D eigenvalue weighted by Gasteiger charge is 2.13. The Morgan fingerprint density at radius 2 is 2.13 bits per heavy atom. The third kappa shape index (κ3) is 4.19. The first-order valence-electron chi connectivity index (χ1n) is 7.53. The number of nitrogens with zero attached hydrogens (tertiary/aromatic N) is 3. The van der Waals surface area contributed by atoms with Crippen LogP contribution in [-0.4, -0.2) is 55.3 Å². The summed E-state index contributed by atoms with van der Waals surface area (Å²) in [4.78, 5) is 22.3. The van der Waals surface area contributed by atoms with Gasteiger partial charge in [0.2, 0.25) is 0 Å². The number of carbonyl (C=O) groups is 1. The summed E-state index contributed by atoms with van der Waals surface area (Å²) in [6, 6.07) is 5.21. The molecule has 122 valence electrons. The maximum atomic E-state index is 11.7. The van der Waals surface area contributed by atoms with Crippen molar-refractivity contribution >= 4 is 17.5 Å². The molecule has 0 saturated carbocycles. The molecule has 3 rings (SSSR count). The van der Waals surface area contributed by atoms with Crippen LogP contribution in [0.2, 0.25) is 0 Å². The average molecular weight is 317 g/mol. The summed E-state index contributed by atoms with van der Waals surface area (Å²) in [5.74, 6) is 1.69. The Balaban J connectivity index is 1.45. The smallest absolute Gasteiger partial charge is 0.287 e. The lowest BCUT2D eigenvalue weighted by molar-refractivity contribution is 0.0927. The van der Waals surface area contributed by atoms with E-state index in [4.69, 9.17) is 9.15 Å². The average Bonchev–Trinajstić information content (AvgIpc) is 3.14. The van der Waals surface area contributed by atoms with Crippen LogP contribution in [-0.2, 0) is 4.74 Å². The minimum Gasteiger partial charge on any atom is -0.459 e. The van der Waals surface area contributed by atoms with E-state index in [1.165, 1.54) is 12.6 Å². The molecule has 2 aromatic rings. The molecule has 1 aliphatic heterocycles. The van der Waals surface area contributed by atoms with Gasteiger partial charge in [-0.25, -0.2) is 9.97 Å². The van der Waals surface area contributed by atoms with Crippen molar-refractivity contribution in [2.75, 3.05) is 49.6 Å². The Morgan fingerprint density at radius 1 is 1.26 bits per heavy atom. The molecular formula is C15H19N5O3. The van der Waals surface area contributed by atoms with Crippen LogP contribution in [0.15, 0.2) is 35.2 Å². The summed E-state index contributed by atoms with van der Waals surface area (Å²) < 4.78 is 10.4. The SMILES string of the molecule is O=C(NCCNc1cc(N2CCOCC2)ncn1)c1ccco1. The van der Waals surface area contributed by atoms with Gasteiger partial charge in [-0.3, -0.25) is 4.79 Å². The molecule has 1 saturated heterocycles. The van der Waals surface area contributed by atoms with E-state index in [2.05, 4.69) is 25.5 Å². The number of hydrogen-bond acceptors (Lipinski definition) is 7. The molecular weight excluding hydrogens is 298 g/mol. The summed E-state index contributed by atoms with van der Waals surface area (Å²) >= 11 is 0. The van der Waals surface area contributed by atoms with Gasteiger partial charge in [0.05, 0.1) is 19.5 Å². The second-order valence-electron chi connectivity index (χ2n) is 5.02. The molecule has 3 heterocycles. The van der Waals surface area contributed by atoms with Crippen molar-refractivity contribution in [1.82, 2.24) is 15.3 Å². The molecule has 23 heavy (non-hydrogen) atoms. The maximum Gasteiger partial charge on any atom is 0.287 e. The van der Waals surface area contributed by atoms with Crippen LogP contribution in [0.25, 0.3) is 0 Å². The van der Waals surface area contributed by atoms with E-state index in [1.54, 1.807) is 12.1 Å². The van der Waals surface area contributed by atoms with Gasteiger partial charge in [0.25, 0.3) is 5.91 Å². The standard InChI is InChI=1S/C15H19N5O3/c21-15(12-2-1-7-23-12)17-4-3-16-13-10-14(19-11-18-13)20-5-8-22-9-6-20/h1-2,7,10-11H,3-6,8-9H2,(H,17,21)(H,16,18,19). The molecule has 0 aromatic carbocycles. The van der Waals surface area contributed by atoms with Crippen LogP contribution in [0.5, 0.6) is 0 Å². The van der Waals surface area contributed by atoms with Gasteiger partial charge < -0.3 is 24.7 Å². The molecule has 0 aliphatic carbocycles. The molecule has 2 aromatic heterocycles. The van der Waals surface area contributed by atoms with Gasteiger partial charge in [-0.1, -0.05) is 0 Å². The predicted octanol–water partition coefficient (Wildman–Crippen LogP) is 0.748. The monoisotopic (exact) mass is 317 g/mol. The second-order valence-corrected chi connectivity index (χ2v) is 5.02. The fraction of sp³-hybridized carbons (Fsp3) is 0.400.